The van der Waals surface area contributed by atoms with Crippen molar-refractivity contribution in [1.82, 2.24) is 0 Å². The number of nitrogens with zero attached hydrogens (tertiary/aromatic N) is 1. The van der Waals surface area contributed by atoms with Gasteiger partial charge in [-0.05, 0) is 53.8 Å². The first-order valence-corrected chi connectivity index (χ1v) is 11.5. The molecule has 3 aromatic carbocycles. The molecule has 1 fully saturated rings. The number of carbonyl (C=O) groups is 2. The van der Waals surface area contributed by atoms with E-state index in [1.807, 2.05) is 36.4 Å². The monoisotopic (exact) mass is 467 g/mol. The third-order valence-electron chi connectivity index (χ3n) is 5.99. The molecule has 6 nitrogen and oxygen atoms in total. The van der Waals surface area contributed by atoms with Crippen molar-refractivity contribution < 1.29 is 23.8 Å². The van der Waals surface area contributed by atoms with E-state index in [1.54, 1.807) is 42.5 Å². The second kappa shape index (κ2) is 9.14. The molecule has 5 rings (SSSR count). The van der Waals surface area contributed by atoms with E-state index >= 15 is 0 Å². The van der Waals surface area contributed by atoms with Gasteiger partial charge in [0.05, 0.1) is 24.1 Å². The summed E-state index contributed by atoms with van der Waals surface area (Å²) in [4.78, 5) is 28.1. The molecule has 176 valence electrons. The van der Waals surface area contributed by atoms with Crippen molar-refractivity contribution in [2.75, 3.05) is 11.5 Å². The van der Waals surface area contributed by atoms with Crippen molar-refractivity contribution in [2.45, 2.75) is 19.9 Å². The minimum atomic E-state index is -0.910. The van der Waals surface area contributed by atoms with E-state index in [4.69, 9.17) is 9.15 Å². The average Bonchev–Trinajstić information content (AvgIpc) is 3.49. The molecular weight excluding hydrogens is 442 g/mol. The summed E-state index contributed by atoms with van der Waals surface area (Å²) in [5, 5.41) is 13.0. The Labute approximate surface area is 203 Å². The van der Waals surface area contributed by atoms with Gasteiger partial charge in [-0.2, -0.15) is 0 Å². The number of anilines is 1. The lowest BCUT2D eigenvalue weighted by atomic mass is 9.98. The smallest absolute Gasteiger partial charge is 0.300 e. The Kier molecular flexibility index (Phi) is 5.87. The fourth-order valence-corrected chi connectivity index (χ4v) is 4.34. The molecule has 1 atom stereocenters. The minimum absolute atomic E-state index is 0.0197. The summed E-state index contributed by atoms with van der Waals surface area (Å²) in [7, 11) is 0. The molecule has 1 aliphatic rings. The Balaban J connectivity index is 1.63. The van der Waals surface area contributed by atoms with Gasteiger partial charge in [-0.3, -0.25) is 14.5 Å². The average molecular weight is 468 g/mol. The third kappa shape index (κ3) is 4.08. The van der Waals surface area contributed by atoms with Gasteiger partial charge in [0.2, 0.25) is 0 Å². The van der Waals surface area contributed by atoms with Crippen LogP contribution in [-0.4, -0.2) is 23.4 Å². The van der Waals surface area contributed by atoms with Crippen molar-refractivity contribution in [3.63, 3.8) is 0 Å². The summed E-state index contributed by atoms with van der Waals surface area (Å²) in [6.07, 6.45) is 1.49. The Morgan fingerprint density at radius 2 is 1.71 bits per heavy atom. The highest BCUT2D eigenvalue weighted by Gasteiger charge is 2.48. The maximum atomic E-state index is 13.4. The van der Waals surface area contributed by atoms with Crippen molar-refractivity contribution in [3.8, 4) is 5.75 Å². The van der Waals surface area contributed by atoms with E-state index in [2.05, 4.69) is 13.8 Å². The number of ether oxygens (including phenoxy) is 1. The van der Waals surface area contributed by atoms with E-state index in [1.165, 1.54) is 11.2 Å². The molecule has 1 amide bonds. The van der Waals surface area contributed by atoms with Gasteiger partial charge in [0.25, 0.3) is 11.7 Å². The number of furan rings is 1. The Bertz CT molecular complexity index is 1410. The predicted molar refractivity (Wildman–Crippen MR) is 134 cm³/mol. The summed E-state index contributed by atoms with van der Waals surface area (Å²) in [5.41, 5.74) is 0.964. The van der Waals surface area contributed by atoms with Crippen molar-refractivity contribution in [2.24, 2.45) is 5.92 Å². The lowest BCUT2D eigenvalue weighted by molar-refractivity contribution is -0.132. The van der Waals surface area contributed by atoms with Gasteiger partial charge in [-0.15, -0.1) is 0 Å². The fraction of sp³-hybridized carbons (Fsp3) is 0.172. The van der Waals surface area contributed by atoms with Gasteiger partial charge in [0.1, 0.15) is 23.3 Å². The van der Waals surface area contributed by atoms with Crippen molar-refractivity contribution in [3.05, 3.63) is 102 Å². The fourth-order valence-electron chi connectivity index (χ4n) is 4.34. The quantitative estimate of drug-likeness (QED) is 0.211. The summed E-state index contributed by atoms with van der Waals surface area (Å²) in [6.45, 7) is 4.69. The summed E-state index contributed by atoms with van der Waals surface area (Å²) in [6, 6.07) is 22.5. The molecule has 1 unspecified atom stereocenters. The molecule has 0 bridgehead atoms. The summed E-state index contributed by atoms with van der Waals surface area (Å²) in [5.74, 6) is -0.327. The van der Waals surface area contributed by atoms with E-state index < -0.39 is 17.7 Å². The van der Waals surface area contributed by atoms with Crippen LogP contribution in [0.3, 0.4) is 0 Å². The molecule has 0 radical (unpaired) electrons. The zero-order chi connectivity index (χ0) is 24.5. The number of Topliss-reactive ketones (excluding diaryl/α,β-unsaturated/α-hetero) is 1. The first-order valence-electron chi connectivity index (χ1n) is 11.5. The standard InChI is InChI=1S/C29H25NO5/c1-18(2)17-35-21-14-12-20(13-15-21)27(31)25-26(24-11-6-16-34-24)30(29(33)28(25)32)23-10-5-8-19-7-3-4-9-22(19)23/h3-16,18,26,31H,17H2,1-2H3/b27-25-. The molecule has 35 heavy (non-hydrogen) atoms. The highest BCUT2D eigenvalue weighted by molar-refractivity contribution is 6.52. The van der Waals surface area contributed by atoms with Crippen LogP contribution in [0.15, 0.2) is 95.1 Å². The number of amides is 1. The van der Waals surface area contributed by atoms with Gasteiger partial charge < -0.3 is 14.3 Å². The molecule has 1 aliphatic heterocycles. The number of benzene rings is 3. The number of hydrogen-bond acceptors (Lipinski definition) is 5. The van der Waals surface area contributed by atoms with E-state index in [-0.39, 0.29) is 11.3 Å². The van der Waals surface area contributed by atoms with Crippen LogP contribution in [0.5, 0.6) is 5.75 Å². The number of ketones is 1. The normalized spacial score (nSPS) is 17.5. The largest absolute Gasteiger partial charge is 0.507 e. The summed E-state index contributed by atoms with van der Waals surface area (Å²) < 4.78 is 11.4. The number of carbonyl (C=O) groups excluding carboxylic acids is 2. The first-order chi connectivity index (χ1) is 17.0. The van der Waals surface area contributed by atoms with E-state index in [0.29, 0.717) is 35.3 Å². The minimum Gasteiger partial charge on any atom is -0.507 e. The molecule has 1 saturated heterocycles. The van der Waals surface area contributed by atoms with Crippen molar-refractivity contribution >= 4 is 33.9 Å². The van der Waals surface area contributed by atoms with Gasteiger partial charge in [0, 0.05) is 10.9 Å². The number of aliphatic hydroxyl groups excluding tert-OH is 1. The molecule has 0 spiro atoms. The third-order valence-corrected chi connectivity index (χ3v) is 5.99. The van der Waals surface area contributed by atoms with Crippen LogP contribution in [0.1, 0.15) is 31.2 Å². The molecule has 1 aromatic heterocycles. The number of aliphatic hydroxyl groups is 1. The Hall–Kier alpha value is -4.32. The van der Waals surface area contributed by atoms with Gasteiger partial charge in [-0.1, -0.05) is 50.2 Å². The number of hydrogen-bond donors (Lipinski definition) is 1. The predicted octanol–water partition coefficient (Wildman–Crippen LogP) is 6.09. The number of rotatable bonds is 6. The molecule has 2 heterocycles. The molecular formula is C29H25NO5. The van der Waals surface area contributed by atoms with Crippen LogP contribution in [0.25, 0.3) is 16.5 Å². The topological polar surface area (TPSA) is 80.0 Å². The zero-order valence-corrected chi connectivity index (χ0v) is 19.5. The summed E-state index contributed by atoms with van der Waals surface area (Å²) >= 11 is 0. The maximum absolute atomic E-state index is 13.4. The lowest BCUT2D eigenvalue weighted by Gasteiger charge is -2.24. The van der Waals surface area contributed by atoms with Crippen molar-refractivity contribution in [1.29, 1.82) is 0 Å². The molecule has 0 aliphatic carbocycles. The van der Waals surface area contributed by atoms with Gasteiger partial charge in [0.15, 0.2) is 0 Å². The van der Waals surface area contributed by atoms with Crippen LogP contribution in [-0.2, 0) is 9.59 Å². The molecule has 4 aromatic rings. The van der Waals surface area contributed by atoms with Crippen LogP contribution >= 0.6 is 0 Å². The Morgan fingerprint density at radius 3 is 2.43 bits per heavy atom. The Morgan fingerprint density at radius 1 is 0.971 bits per heavy atom. The maximum Gasteiger partial charge on any atom is 0.300 e. The van der Waals surface area contributed by atoms with Gasteiger partial charge >= 0.3 is 0 Å². The number of fused-ring (bicyclic) bond motifs is 1. The highest BCUT2D eigenvalue weighted by atomic mass is 16.5. The van der Waals surface area contributed by atoms with Crippen LogP contribution in [0.4, 0.5) is 5.69 Å². The highest BCUT2D eigenvalue weighted by Crippen LogP contribution is 2.44. The SMILES string of the molecule is CC(C)COc1ccc(/C(O)=C2/C(=O)C(=O)N(c3cccc4ccccc34)C2c2ccco2)cc1. The van der Waals surface area contributed by atoms with Crippen LogP contribution < -0.4 is 9.64 Å². The first kappa shape index (κ1) is 22.5. The molecule has 1 N–H and O–H groups in total. The molecule has 0 saturated carbocycles. The van der Waals surface area contributed by atoms with E-state index in [0.717, 1.165) is 10.8 Å². The van der Waals surface area contributed by atoms with Gasteiger partial charge in [-0.25, -0.2) is 0 Å². The zero-order valence-electron chi connectivity index (χ0n) is 19.5. The van der Waals surface area contributed by atoms with E-state index in [9.17, 15) is 14.7 Å². The van der Waals surface area contributed by atoms with Crippen LogP contribution in [0, 0.1) is 5.92 Å². The van der Waals surface area contributed by atoms with Crippen LogP contribution in [0.2, 0.25) is 0 Å². The second-order valence-corrected chi connectivity index (χ2v) is 8.91. The molecule has 6 heteroatoms. The lowest BCUT2D eigenvalue weighted by Crippen LogP contribution is -2.29. The second-order valence-electron chi connectivity index (χ2n) is 8.91.